The number of benzene rings is 1. The summed E-state index contributed by atoms with van der Waals surface area (Å²) in [6.45, 7) is -2.41. The molecule has 0 aromatic heterocycles. The average molecular weight is 500 g/mol. The molecule has 0 saturated heterocycles. The van der Waals surface area contributed by atoms with E-state index in [-0.39, 0.29) is 36.8 Å². The Hall–Kier alpha value is -2.83. The summed E-state index contributed by atoms with van der Waals surface area (Å²) < 4.78 is 51.6. The molecule has 4 atom stereocenters. The van der Waals surface area contributed by atoms with Crippen molar-refractivity contribution >= 4 is 11.8 Å². The Morgan fingerprint density at radius 1 is 1.26 bits per heavy atom. The number of halogens is 3. The van der Waals surface area contributed by atoms with Crippen LogP contribution in [0.4, 0.5) is 13.2 Å². The van der Waals surface area contributed by atoms with Gasteiger partial charge in [-0.3, -0.25) is 9.59 Å². The molecule has 0 spiro atoms. The van der Waals surface area contributed by atoms with Crippen molar-refractivity contribution in [2.45, 2.75) is 49.8 Å². The molecule has 9 nitrogen and oxygen atoms in total. The Balaban J connectivity index is 1.81. The Kier molecular flexibility index (Phi) is 6.98. The highest BCUT2D eigenvalue weighted by Gasteiger charge is 2.53. The number of hydrogen-bond acceptors (Lipinski definition) is 7. The first-order chi connectivity index (χ1) is 16.6. The summed E-state index contributed by atoms with van der Waals surface area (Å²) >= 11 is 0. The second kappa shape index (κ2) is 9.67. The minimum absolute atomic E-state index is 0.00888. The zero-order valence-corrected chi connectivity index (χ0v) is 18.9. The highest BCUT2D eigenvalue weighted by Crippen LogP contribution is 2.51. The number of carbonyl (C=O) groups is 2. The largest absolute Gasteiger partial charge is 0.493 e. The van der Waals surface area contributed by atoms with Gasteiger partial charge in [-0.05, 0) is 36.6 Å². The monoisotopic (exact) mass is 500 g/mol. The first-order valence-corrected chi connectivity index (χ1v) is 11.2. The fraction of sp³-hybridized carbons (Fsp3) is 0.565. The lowest BCUT2D eigenvalue weighted by Gasteiger charge is -2.41. The zero-order valence-electron chi connectivity index (χ0n) is 18.9. The van der Waals surface area contributed by atoms with E-state index in [9.17, 15) is 33.0 Å². The van der Waals surface area contributed by atoms with Crippen molar-refractivity contribution in [3.63, 3.8) is 0 Å². The van der Waals surface area contributed by atoms with Crippen LogP contribution in [0.25, 0.3) is 0 Å². The molecule has 12 heteroatoms. The lowest BCUT2D eigenvalue weighted by molar-refractivity contribution is -0.171. The first-order valence-electron chi connectivity index (χ1n) is 11.2. The predicted octanol–water partition coefficient (Wildman–Crippen LogP) is 0.611. The normalized spacial score (nSPS) is 25.2. The van der Waals surface area contributed by atoms with Gasteiger partial charge in [0.05, 0.1) is 32.3 Å². The van der Waals surface area contributed by atoms with Crippen LogP contribution in [0.1, 0.15) is 29.9 Å². The maximum atomic E-state index is 13.4. The van der Waals surface area contributed by atoms with Crippen LogP contribution >= 0.6 is 0 Å². The number of aliphatic hydroxyl groups excluding tert-OH is 3. The van der Waals surface area contributed by atoms with Crippen LogP contribution in [0.5, 0.6) is 11.5 Å². The molecule has 1 heterocycles. The van der Waals surface area contributed by atoms with Crippen molar-refractivity contribution in [2.75, 3.05) is 26.8 Å². The van der Waals surface area contributed by atoms with Crippen molar-refractivity contribution < 1.29 is 47.6 Å². The van der Waals surface area contributed by atoms with Crippen LogP contribution in [-0.2, 0) is 16.2 Å². The fourth-order valence-corrected chi connectivity index (χ4v) is 4.71. The van der Waals surface area contributed by atoms with E-state index in [2.05, 4.69) is 5.32 Å². The number of fused-ring (bicyclic) bond motifs is 3. The van der Waals surface area contributed by atoms with E-state index < -0.39 is 54.6 Å². The summed E-state index contributed by atoms with van der Waals surface area (Å²) in [5.41, 5.74) is 0.849. The number of methoxy groups -OCH3 is 1. The maximum Gasteiger partial charge on any atom is 0.406 e. The topological polar surface area (TPSA) is 129 Å². The lowest BCUT2D eigenvalue weighted by Crippen LogP contribution is -2.57. The average Bonchev–Trinajstić information content (AvgIpc) is 3.60. The molecule has 4 unspecified atom stereocenters. The standard InChI is InChI=1S/C23H27F3N2O7/c1-34-16-7-11(9-30)6-13-17-14(21(32)27-4-5-29)8-15(18(31)20(17)35-19(13)16)28(10-23(24,25)26)22(33)12-2-3-12/h6-8,12,15,17-18,20,29-31H,2-5,9-10H2,1H3,(H,27,32). The van der Waals surface area contributed by atoms with Gasteiger partial charge in [0.2, 0.25) is 11.8 Å². The predicted molar refractivity (Wildman–Crippen MR) is 115 cm³/mol. The Bertz CT molecular complexity index is 1030. The van der Waals surface area contributed by atoms with E-state index in [0.29, 0.717) is 28.9 Å². The minimum atomic E-state index is -4.73. The molecule has 1 saturated carbocycles. The molecule has 2 aliphatic carbocycles. The number of nitrogens with one attached hydrogen (secondary N) is 1. The smallest absolute Gasteiger partial charge is 0.406 e. The molecular formula is C23H27F3N2O7. The second-order valence-corrected chi connectivity index (χ2v) is 8.87. The number of aliphatic hydroxyl groups is 3. The van der Waals surface area contributed by atoms with Crippen LogP contribution in [0.3, 0.4) is 0 Å². The summed E-state index contributed by atoms with van der Waals surface area (Å²) in [6, 6.07) is 1.62. The van der Waals surface area contributed by atoms with Crippen molar-refractivity contribution in [1.29, 1.82) is 0 Å². The van der Waals surface area contributed by atoms with Crippen LogP contribution in [0, 0.1) is 5.92 Å². The minimum Gasteiger partial charge on any atom is -0.493 e. The van der Waals surface area contributed by atoms with E-state index in [1.54, 1.807) is 6.07 Å². The van der Waals surface area contributed by atoms with Crippen molar-refractivity contribution in [3.05, 3.63) is 34.9 Å². The summed E-state index contributed by atoms with van der Waals surface area (Å²) in [6.07, 6.45) is -5.42. The fourth-order valence-electron chi connectivity index (χ4n) is 4.71. The van der Waals surface area contributed by atoms with Gasteiger partial charge >= 0.3 is 6.18 Å². The van der Waals surface area contributed by atoms with Crippen LogP contribution in [0.15, 0.2) is 23.8 Å². The molecule has 192 valence electrons. The highest BCUT2D eigenvalue weighted by atomic mass is 19.4. The molecule has 1 aromatic rings. The van der Waals surface area contributed by atoms with Gasteiger partial charge in [0.25, 0.3) is 0 Å². The molecule has 35 heavy (non-hydrogen) atoms. The van der Waals surface area contributed by atoms with Crippen molar-refractivity contribution in [3.8, 4) is 11.5 Å². The van der Waals surface area contributed by atoms with Crippen LogP contribution < -0.4 is 14.8 Å². The molecule has 1 fully saturated rings. The van der Waals surface area contributed by atoms with Gasteiger partial charge < -0.3 is 35.0 Å². The quantitative estimate of drug-likeness (QED) is 0.412. The van der Waals surface area contributed by atoms with Gasteiger partial charge in [-0.1, -0.05) is 0 Å². The number of rotatable bonds is 8. The van der Waals surface area contributed by atoms with Gasteiger partial charge in [-0.15, -0.1) is 0 Å². The van der Waals surface area contributed by atoms with Crippen molar-refractivity contribution in [1.82, 2.24) is 10.2 Å². The molecule has 3 aliphatic rings. The summed E-state index contributed by atoms with van der Waals surface area (Å²) in [5, 5.41) is 32.5. The number of ether oxygens (including phenoxy) is 2. The number of carbonyl (C=O) groups excluding carboxylic acids is 2. The summed E-state index contributed by atoms with van der Waals surface area (Å²) in [5.74, 6) is -2.47. The molecule has 4 N–H and O–H groups in total. The number of nitrogens with zero attached hydrogens (tertiary/aromatic N) is 1. The van der Waals surface area contributed by atoms with Gasteiger partial charge in [0.15, 0.2) is 11.5 Å². The summed E-state index contributed by atoms with van der Waals surface area (Å²) in [4.78, 5) is 26.5. The maximum absolute atomic E-state index is 13.4. The number of amides is 2. The van der Waals surface area contributed by atoms with Gasteiger partial charge in [-0.2, -0.15) is 13.2 Å². The molecule has 0 bridgehead atoms. The second-order valence-electron chi connectivity index (χ2n) is 8.87. The number of hydrogen-bond donors (Lipinski definition) is 4. The molecule has 1 aliphatic heterocycles. The Morgan fingerprint density at radius 2 is 1.97 bits per heavy atom. The van der Waals surface area contributed by atoms with Crippen molar-refractivity contribution in [2.24, 2.45) is 5.92 Å². The molecular weight excluding hydrogens is 473 g/mol. The Labute approximate surface area is 199 Å². The van der Waals surface area contributed by atoms with Gasteiger partial charge in [0, 0.05) is 23.6 Å². The first kappa shape index (κ1) is 25.3. The zero-order chi connectivity index (χ0) is 25.5. The molecule has 0 radical (unpaired) electrons. The molecule has 2 amide bonds. The molecule has 1 aromatic carbocycles. The van der Waals surface area contributed by atoms with Crippen LogP contribution in [-0.4, -0.2) is 83.3 Å². The SMILES string of the molecule is COc1cc(CO)cc2c1OC1C2C(C(=O)NCCO)=CC(N(CC(F)(F)F)C(=O)C2CC2)C1O. The van der Waals surface area contributed by atoms with E-state index in [1.807, 2.05) is 0 Å². The van der Waals surface area contributed by atoms with E-state index >= 15 is 0 Å². The Morgan fingerprint density at radius 3 is 2.54 bits per heavy atom. The van der Waals surface area contributed by atoms with Crippen LogP contribution in [0.2, 0.25) is 0 Å². The summed E-state index contributed by atoms with van der Waals surface area (Å²) in [7, 11) is 1.37. The van der Waals surface area contributed by atoms with E-state index in [1.165, 1.54) is 19.3 Å². The third kappa shape index (κ3) is 4.95. The lowest BCUT2D eigenvalue weighted by atomic mass is 9.77. The van der Waals surface area contributed by atoms with E-state index in [0.717, 1.165) is 0 Å². The third-order valence-electron chi connectivity index (χ3n) is 6.41. The molecule has 4 rings (SSSR count). The number of alkyl halides is 3. The van der Waals surface area contributed by atoms with Gasteiger partial charge in [-0.25, -0.2) is 0 Å². The van der Waals surface area contributed by atoms with E-state index in [4.69, 9.17) is 14.6 Å². The third-order valence-corrected chi connectivity index (χ3v) is 6.41. The van der Waals surface area contributed by atoms with Gasteiger partial charge in [0.1, 0.15) is 18.8 Å². The highest BCUT2D eigenvalue weighted by molar-refractivity contribution is 5.96.